The van der Waals surface area contributed by atoms with Crippen molar-refractivity contribution in [3.8, 4) is 11.8 Å². The lowest BCUT2D eigenvalue weighted by molar-refractivity contribution is -0.131. The van der Waals surface area contributed by atoms with Crippen LogP contribution in [0.15, 0.2) is 36.5 Å². The monoisotopic (exact) mass is 563 g/mol. The predicted octanol–water partition coefficient (Wildman–Crippen LogP) is 1.54. The highest BCUT2D eigenvalue weighted by atomic mass is 32.2. The average molecular weight is 564 g/mol. The topological polar surface area (TPSA) is 138 Å². The fourth-order valence-electron chi connectivity index (χ4n) is 4.66. The number of likely N-dealkylation sites (tertiary alicyclic amines) is 1. The summed E-state index contributed by atoms with van der Waals surface area (Å²) in [6.07, 6.45) is 2.56. The molecule has 13 heteroatoms. The Bertz CT molecular complexity index is 1430. The van der Waals surface area contributed by atoms with E-state index in [1.807, 2.05) is 24.3 Å². The number of hydrogen-bond donors (Lipinski definition) is 3. The molecular weight excluding hydrogens is 532 g/mol. The highest BCUT2D eigenvalue weighted by molar-refractivity contribution is 7.92. The molecule has 4 rings (SSSR count). The summed E-state index contributed by atoms with van der Waals surface area (Å²) in [5.74, 6) is 2.10. The summed E-state index contributed by atoms with van der Waals surface area (Å²) >= 11 is 0. The number of aromatic nitrogens is 1. The highest BCUT2D eigenvalue weighted by Gasteiger charge is 2.44. The first kappa shape index (κ1) is 28.7. The van der Waals surface area contributed by atoms with Gasteiger partial charge in [0, 0.05) is 48.9 Å². The number of rotatable bonds is 7. The first-order valence-corrected chi connectivity index (χ1v) is 14.2. The molecule has 2 amide bonds. The Morgan fingerprint density at radius 2 is 1.92 bits per heavy atom. The summed E-state index contributed by atoms with van der Waals surface area (Å²) < 4.78 is 51.6. The van der Waals surface area contributed by atoms with E-state index < -0.39 is 32.5 Å². The van der Waals surface area contributed by atoms with Crippen LogP contribution in [0.3, 0.4) is 0 Å². The summed E-state index contributed by atoms with van der Waals surface area (Å²) in [5.41, 5.74) is 9.82. The number of piperidine rings is 1. The number of nitrogens with one attached hydrogen (secondary N) is 1. The molecule has 0 radical (unpaired) electrons. The van der Waals surface area contributed by atoms with E-state index in [9.17, 15) is 26.8 Å². The summed E-state index contributed by atoms with van der Waals surface area (Å²) in [4.78, 5) is 28.0. The molecule has 0 aliphatic carbocycles. The first-order chi connectivity index (χ1) is 18.2. The van der Waals surface area contributed by atoms with Gasteiger partial charge in [0.05, 0.1) is 19.1 Å². The molecule has 2 aliphatic heterocycles. The zero-order valence-electron chi connectivity index (χ0n) is 21.7. The number of benzene rings is 1. The van der Waals surface area contributed by atoms with Gasteiger partial charge in [-0.05, 0) is 43.5 Å². The maximum absolute atomic E-state index is 13.9. The number of nitrogens with two attached hydrogens (primary N) is 1. The van der Waals surface area contributed by atoms with Gasteiger partial charge in [-0.3, -0.25) is 19.5 Å². The number of carbonyl (C=O) groups excluding carboxylic acids is 2. The van der Waals surface area contributed by atoms with E-state index in [1.165, 1.54) is 21.9 Å². The molecule has 0 spiro atoms. The number of carbonyl (C=O) groups is 2. The van der Waals surface area contributed by atoms with Gasteiger partial charge in [-0.15, -0.1) is 0 Å². The van der Waals surface area contributed by atoms with Crippen molar-refractivity contribution in [3.63, 3.8) is 0 Å². The molecule has 10 nitrogen and oxygen atoms in total. The molecule has 1 fully saturated rings. The SMILES string of the molecule is C[C@@](CCN1Cc2cc(C#Cc3ccc(CN4CCC(N)C(F)(F)C4)cc3)cn2C1=O)(C(=O)NO)S(C)(=O)=O. The fraction of sp³-hybridized carbons (Fsp3) is 0.462. The van der Waals surface area contributed by atoms with Gasteiger partial charge in [0.15, 0.2) is 14.6 Å². The molecule has 0 bridgehead atoms. The van der Waals surface area contributed by atoms with E-state index in [-0.39, 0.29) is 38.5 Å². The Labute approximate surface area is 225 Å². The average Bonchev–Trinajstić information content (AvgIpc) is 3.41. The number of fused-ring (bicyclic) bond motifs is 1. The largest absolute Gasteiger partial charge is 0.328 e. The lowest BCUT2D eigenvalue weighted by Crippen LogP contribution is -2.54. The van der Waals surface area contributed by atoms with Gasteiger partial charge in [-0.2, -0.15) is 0 Å². The van der Waals surface area contributed by atoms with Crippen LogP contribution in [0.2, 0.25) is 0 Å². The molecule has 1 aromatic heterocycles. The van der Waals surface area contributed by atoms with Gasteiger partial charge < -0.3 is 10.6 Å². The molecule has 1 aromatic carbocycles. The molecule has 3 heterocycles. The second-order valence-electron chi connectivity index (χ2n) is 10.3. The van der Waals surface area contributed by atoms with Gasteiger partial charge in [0.25, 0.3) is 11.8 Å². The molecule has 0 saturated carbocycles. The maximum atomic E-state index is 13.9. The molecule has 2 atom stereocenters. The number of nitrogens with zero attached hydrogens (tertiary/aromatic N) is 3. The van der Waals surface area contributed by atoms with Gasteiger partial charge in [0.1, 0.15) is 0 Å². The number of alkyl halides is 2. The van der Waals surface area contributed by atoms with Crippen molar-refractivity contribution in [2.45, 2.75) is 49.6 Å². The van der Waals surface area contributed by atoms with E-state index in [4.69, 9.17) is 10.9 Å². The van der Waals surface area contributed by atoms with Crippen LogP contribution in [0.4, 0.5) is 13.6 Å². The summed E-state index contributed by atoms with van der Waals surface area (Å²) in [6.45, 7) is 1.97. The molecule has 1 unspecified atom stereocenters. The second kappa shape index (κ2) is 10.7. The van der Waals surface area contributed by atoms with Crippen molar-refractivity contribution in [2.75, 3.05) is 25.9 Å². The van der Waals surface area contributed by atoms with Crippen LogP contribution in [-0.2, 0) is 27.7 Å². The molecule has 1 saturated heterocycles. The smallest absolute Gasteiger partial charge is 0.323 e. The first-order valence-electron chi connectivity index (χ1n) is 12.3. The second-order valence-corrected chi connectivity index (χ2v) is 12.7. The van der Waals surface area contributed by atoms with E-state index in [0.717, 1.165) is 17.4 Å². The number of hydrogen-bond acceptors (Lipinski definition) is 7. The Morgan fingerprint density at radius 1 is 1.26 bits per heavy atom. The van der Waals surface area contributed by atoms with Crippen LogP contribution in [0.5, 0.6) is 0 Å². The lowest BCUT2D eigenvalue weighted by Gasteiger charge is -2.36. The normalized spacial score (nSPS) is 20.6. The van der Waals surface area contributed by atoms with E-state index >= 15 is 0 Å². The third kappa shape index (κ3) is 5.99. The zero-order chi connectivity index (χ0) is 28.6. The number of sulfone groups is 1. The third-order valence-electron chi connectivity index (χ3n) is 7.43. The van der Waals surface area contributed by atoms with E-state index in [1.54, 1.807) is 17.2 Å². The predicted molar refractivity (Wildman–Crippen MR) is 139 cm³/mol. The van der Waals surface area contributed by atoms with Crippen molar-refractivity contribution in [1.82, 2.24) is 19.8 Å². The number of amides is 2. The van der Waals surface area contributed by atoms with Crippen LogP contribution in [0, 0.1) is 11.8 Å². The van der Waals surface area contributed by atoms with E-state index in [2.05, 4.69) is 11.8 Å². The fourth-order valence-corrected chi connectivity index (χ4v) is 5.50. The van der Waals surface area contributed by atoms with Crippen molar-refractivity contribution in [2.24, 2.45) is 5.73 Å². The molecule has 210 valence electrons. The Morgan fingerprint density at radius 3 is 2.51 bits per heavy atom. The minimum Gasteiger partial charge on any atom is -0.323 e. The number of hydroxylamine groups is 1. The Kier molecular flexibility index (Phi) is 7.86. The van der Waals surface area contributed by atoms with Crippen molar-refractivity contribution in [1.29, 1.82) is 0 Å². The highest BCUT2D eigenvalue weighted by Crippen LogP contribution is 2.27. The van der Waals surface area contributed by atoms with Gasteiger partial charge in [0.2, 0.25) is 0 Å². The van der Waals surface area contributed by atoms with Gasteiger partial charge in [-0.25, -0.2) is 27.5 Å². The molecule has 2 aliphatic rings. The van der Waals surface area contributed by atoms with Crippen LogP contribution in [-0.4, -0.2) is 82.5 Å². The van der Waals surface area contributed by atoms with Gasteiger partial charge in [-0.1, -0.05) is 24.0 Å². The minimum atomic E-state index is -3.87. The molecule has 2 aromatic rings. The van der Waals surface area contributed by atoms with Crippen molar-refractivity contribution in [3.05, 3.63) is 58.9 Å². The van der Waals surface area contributed by atoms with Crippen molar-refractivity contribution >= 4 is 21.8 Å². The Balaban J connectivity index is 1.36. The van der Waals surface area contributed by atoms with Crippen molar-refractivity contribution < 1.29 is 32.0 Å². The lowest BCUT2D eigenvalue weighted by atomic mass is 10.0. The molecule has 4 N–H and O–H groups in total. The molecular formula is C26H31F2N5O5S. The minimum absolute atomic E-state index is 0.00720. The summed E-state index contributed by atoms with van der Waals surface area (Å²) in [7, 11) is -3.87. The third-order valence-corrected chi connectivity index (χ3v) is 9.46. The van der Waals surface area contributed by atoms with Crippen LogP contribution < -0.4 is 11.2 Å². The van der Waals surface area contributed by atoms with E-state index in [0.29, 0.717) is 24.3 Å². The Hall–Kier alpha value is -3.31. The van der Waals surface area contributed by atoms with Crippen LogP contribution in [0.1, 0.15) is 42.1 Å². The quantitative estimate of drug-likeness (QED) is 0.264. The summed E-state index contributed by atoms with van der Waals surface area (Å²) in [6, 6.07) is 7.61. The zero-order valence-corrected chi connectivity index (χ0v) is 22.5. The summed E-state index contributed by atoms with van der Waals surface area (Å²) in [5, 5.41) is 8.96. The van der Waals surface area contributed by atoms with Crippen LogP contribution >= 0.6 is 0 Å². The maximum Gasteiger partial charge on any atom is 0.328 e. The van der Waals surface area contributed by atoms with Gasteiger partial charge >= 0.3 is 6.03 Å². The molecule has 39 heavy (non-hydrogen) atoms. The van der Waals surface area contributed by atoms with Crippen LogP contribution in [0.25, 0.3) is 0 Å². The number of halogens is 2. The standard InChI is InChI=1S/C26H31F2N5O5S/c1-25(23(34)30-36,39(2,37)38)10-12-32-16-21-13-20(15-33(21)24(32)35)8-5-18-3-6-19(7-4-18)14-31-11-9-22(29)26(27,28)17-31/h3-4,6-7,13,15,22,36H,9-12,14,16-17,29H2,1-2H3,(H,30,34)/t22?,25-/m1/s1.